The van der Waals surface area contributed by atoms with Crippen molar-refractivity contribution in [3.8, 4) is 0 Å². The second-order valence-corrected chi connectivity index (χ2v) is 6.60. The maximum Gasteiger partial charge on any atom is 0.223 e. The largest absolute Gasteiger partial charge is 0.368 e. The van der Waals surface area contributed by atoms with E-state index in [4.69, 9.17) is 5.73 Å². The molecule has 0 radical (unpaired) electrons. The molecule has 6 heteroatoms. The first-order valence-corrected chi connectivity index (χ1v) is 7.66. The first-order valence-electron chi connectivity index (χ1n) is 5.97. The fourth-order valence-corrected chi connectivity index (χ4v) is 3.59. The zero-order valence-electron chi connectivity index (χ0n) is 10.7. The molecule has 3 heterocycles. The van der Waals surface area contributed by atoms with Gasteiger partial charge in [-0.3, -0.25) is 0 Å². The number of aryl methyl sites for hydroxylation is 1. The third-order valence-corrected chi connectivity index (χ3v) is 4.87. The molecule has 4 nitrogen and oxygen atoms in total. The van der Waals surface area contributed by atoms with Gasteiger partial charge in [-0.1, -0.05) is 0 Å². The molecule has 0 aliphatic heterocycles. The van der Waals surface area contributed by atoms with Crippen LogP contribution in [0.3, 0.4) is 0 Å². The summed E-state index contributed by atoms with van der Waals surface area (Å²) in [6, 6.07) is 6.50. The van der Waals surface area contributed by atoms with Gasteiger partial charge in [0, 0.05) is 9.75 Å². The smallest absolute Gasteiger partial charge is 0.223 e. The minimum Gasteiger partial charge on any atom is -0.368 e. The van der Waals surface area contributed by atoms with Crippen molar-refractivity contribution in [2.75, 3.05) is 11.1 Å². The molecular weight excluding hydrogens is 276 g/mol. The number of hydrogen-bond donors (Lipinski definition) is 2. The summed E-state index contributed by atoms with van der Waals surface area (Å²) in [5.74, 6) is 1.12. The normalized spacial score (nSPS) is 12.7. The number of nitrogen functional groups attached to an aromatic ring is 1. The van der Waals surface area contributed by atoms with E-state index in [1.54, 1.807) is 22.7 Å². The molecule has 3 aromatic rings. The molecule has 0 saturated carbocycles. The number of thiophene rings is 2. The predicted molar refractivity (Wildman–Crippen MR) is 82.9 cm³/mol. The van der Waals surface area contributed by atoms with Crippen LogP contribution in [-0.4, -0.2) is 9.97 Å². The summed E-state index contributed by atoms with van der Waals surface area (Å²) in [6.45, 7) is 4.24. The Morgan fingerprint density at radius 3 is 2.84 bits per heavy atom. The number of hydrogen-bond acceptors (Lipinski definition) is 6. The quantitative estimate of drug-likeness (QED) is 0.769. The summed E-state index contributed by atoms with van der Waals surface area (Å²) in [5, 5.41) is 6.46. The van der Waals surface area contributed by atoms with E-state index in [2.05, 4.69) is 41.3 Å². The number of anilines is 2. The fourth-order valence-electron chi connectivity index (χ4n) is 1.94. The van der Waals surface area contributed by atoms with E-state index < -0.39 is 0 Å². The number of nitrogens with zero attached hydrogens (tertiary/aromatic N) is 2. The van der Waals surface area contributed by atoms with Crippen LogP contribution in [0.1, 0.15) is 22.7 Å². The maximum absolute atomic E-state index is 5.75. The highest BCUT2D eigenvalue weighted by molar-refractivity contribution is 7.16. The molecule has 98 valence electrons. The first kappa shape index (κ1) is 12.4. The topological polar surface area (TPSA) is 63.8 Å². The summed E-state index contributed by atoms with van der Waals surface area (Å²) in [6.07, 6.45) is 0. The van der Waals surface area contributed by atoms with E-state index in [0.717, 1.165) is 16.0 Å². The Kier molecular flexibility index (Phi) is 3.12. The predicted octanol–water partition coefficient (Wildman–Crippen LogP) is 3.82. The number of rotatable bonds is 3. The Morgan fingerprint density at radius 2 is 2.11 bits per heavy atom. The third-order valence-electron chi connectivity index (χ3n) is 2.88. The number of aromatic nitrogens is 2. The maximum atomic E-state index is 5.75. The van der Waals surface area contributed by atoms with Crippen LogP contribution in [-0.2, 0) is 0 Å². The molecule has 0 aliphatic carbocycles. The molecule has 0 aromatic carbocycles. The Bertz CT molecular complexity index is 716. The lowest BCUT2D eigenvalue weighted by Gasteiger charge is -2.13. The van der Waals surface area contributed by atoms with Crippen molar-refractivity contribution < 1.29 is 0 Å². The van der Waals surface area contributed by atoms with Crippen LogP contribution in [0.4, 0.5) is 11.8 Å². The lowest BCUT2D eigenvalue weighted by Crippen LogP contribution is -2.08. The van der Waals surface area contributed by atoms with Gasteiger partial charge in [-0.25, -0.2) is 4.98 Å². The molecule has 1 unspecified atom stereocenters. The SMILES string of the molecule is Cc1ccc(C(C)Nc2nc(N)nc3sccc23)s1. The van der Waals surface area contributed by atoms with Crippen LogP contribution >= 0.6 is 22.7 Å². The van der Waals surface area contributed by atoms with Crippen molar-refractivity contribution in [1.29, 1.82) is 0 Å². The van der Waals surface area contributed by atoms with Gasteiger partial charge in [0.25, 0.3) is 0 Å². The Morgan fingerprint density at radius 1 is 1.26 bits per heavy atom. The fraction of sp³-hybridized carbons (Fsp3) is 0.231. The van der Waals surface area contributed by atoms with E-state index in [9.17, 15) is 0 Å². The van der Waals surface area contributed by atoms with Crippen molar-refractivity contribution in [3.63, 3.8) is 0 Å². The molecule has 0 amide bonds. The van der Waals surface area contributed by atoms with Gasteiger partial charge in [0.05, 0.1) is 11.4 Å². The zero-order valence-corrected chi connectivity index (χ0v) is 12.3. The summed E-state index contributed by atoms with van der Waals surface area (Å²) in [5.41, 5.74) is 5.75. The third kappa shape index (κ3) is 2.41. The molecule has 3 N–H and O–H groups in total. The van der Waals surface area contributed by atoms with E-state index in [0.29, 0.717) is 5.95 Å². The lowest BCUT2D eigenvalue weighted by molar-refractivity contribution is 0.899. The molecule has 3 aromatic heterocycles. The Balaban J connectivity index is 1.94. The van der Waals surface area contributed by atoms with Gasteiger partial charge in [-0.05, 0) is 37.4 Å². The average molecular weight is 290 g/mol. The van der Waals surface area contributed by atoms with Crippen LogP contribution in [0.15, 0.2) is 23.6 Å². The number of nitrogens with one attached hydrogen (secondary N) is 1. The van der Waals surface area contributed by atoms with Gasteiger partial charge < -0.3 is 11.1 Å². The molecule has 0 fully saturated rings. The second-order valence-electron chi connectivity index (χ2n) is 4.38. The Labute approximate surface area is 119 Å². The summed E-state index contributed by atoms with van der Waals surface area (Å²) in [4.78, 5) is 12.1. The number of fused-ring (bicyclic) bond motifs is 1. The van der Waals surface area contributed by atoms with E-state index in [1.165, 1.54) is 9.75 Å². The molecular formula is C13H14N4S2. The standard InChI is InChI=1S/C13H14N4S2/c1-7-3-4-10(19-7)8(2)15-11-9-5-6-18-12(9)17-13(14)16-11/h3-6,8H,1-2H3,(H3,14,15,16,17). The molecule has 0 spiro atoms. The van der Waals surface area contributed by atoms with Gasteiger partial charge in [0.15, 0.2) is 0 Å². The lowest BCUT2D eigenvalue weighted by atomic mass is 10.2. The highest BCUT2D eigenvalue weighted by atomic mass is 32.1. The van der Waals surface area contributed by atoms with Crippen molar-refractivity contribution >= 4 is 44.7 Å². The van der Waals surface area contributed by atoms with Gasteiger partial charge in [0.2, 0.25) is 5.95 Å². The van der Waals surface area contributed by atoms with Gasteiger partial charge in [-0.15, -0.1) is 22.7 Å². The van der Waals surface area contributed by atoms with Crippen molar-refractivity contribution in [1.82, 2.24) is 9.97 Å². The zero-order chi connectivity index (χ0) is 13.4. The molecule has 1 atom stereocenters. The second kappa shape index (κ2) is 4.79. The monoisotopic (exact) mass is 290 g/mol. The van der Waals surface area contributed by atoms with Crippen LogP contribution in [0.5, 0.6) is 0 Å². The van der Waals surface area contributed by atoms with Crippen LogP contribution in [0, 0.1) is 6.92 Å². The molecule has 0 aliphatic rings. The molecule has 0 bridgehead atoms. The highest BCUT2D eigenvalue weighted by Crippen LogP contribution is 2.30. The Hall–Kier alpha value is -1.66. The first-order chi connectivity index (χ1) is 9.13. The van der Waals surface area contributed by atoms with Crippen LogP contribution in [0.25, 0.3) is 10.2 Å². The number of nitrogens with two attached hydrogens (primary N) is 1. The van der Waals surface area contributed by atoms with Crippen molar-refractivity contribution in [2.24, 2.45) is 0 Å². The molecule has 19 heavy (non-hydrogen) atoms. The van der Waals surface area contributed by atoms with Gasteiger partial charge >= 0.3 is 0 Å². The van der Waals surface area contributed by atoms with Gasteiger partial charge in [-0.2, -0.15) is 4.98 Å². The van der Waals surface area contributed by atoms with E-state index in [1.807, 2.05) is 11.4 Å². The van der Waals surface area contributed by atoms with Crippen molar-refractivity contribution in [2.45, 2.75) is 19.9 Å². The minimum atomic E-state index is 0.205. The van der Waals surface area contributed by atoms with E-state index in [-0.39, 0.29) is 6.04 Å². The van der Waals surface area contributed by atoms with Gasteiger partial charge in [0.1, 0.15) is 10.6 Å². The summed E-state index contributed by atoms with van der Waals surface area (Å²) in [7, 11) is 0. The minimum absolute atomic E-state index is 0.205. The highest BCUT2D eigenvalue weighted by Gasteiger charge is 2.12. The summed E-state index contributed by atoms with van der Waals surface area (Å²) >= 11 is 3.37. The average Bonchev–Trinajstić information content (AvgIpc) is 2.97. The molecule has 0 saturated heterocycles. The van der Waals surface area contributed by atoms with Crippen LogP contribution in [0.2, 0.25) is 0 Å². The van der Waals surface area contributed by atoms with Crippen molar-refractivity contribution in [3.05, 3.63) is 33.3 Å². The van der Waals surface area contributed by atoms with Crippen LogP contribution < -0.4 is 11.1 Å². The van der Waals surface area contributed by atoms with E-state index >= 15 is 0 Å². The summed E-state index contributed by atoms with van der Waals surface area (Å²) < 4.78 is 0. The molecule has 3 rings (SSSR count).